The van der Waals surface area contributed by atoms with Crippen molar-refractivity contribution in [2.45, 2.75) is 13.8 Å². The van der Waals surface area contributed by atoms with Gasteiger partial charge in [-0.2, -0.15) is 0 Å². The predicted octanol–water partition coefficient (Wildman–Crippen LogP) is 4.56. The average Bonchev–Trinajstić information content (AvgIpc) is 2.90. The smallest absolute Gasteiger partial charge is 0.330 e. The van der Waals surface area contributed by atoms with Crippen molar-refractivity contribution in [1.82, 2.24) is 0 Å². The van der Waals surface area contributed by atoms with Gasteiger partial charge in [-0.3, -0.25) is 0 Å². The number of methoxy groups -OCH3 is 2. The average molecular weight is 499 g/mol. The molecular formula is C28H34O8. The largest absolute Gasteiger partial charge is 0.496 e. The Morgan fingerprint density at radius 3 is 1.44 bits per heavy atom. The van der Waals surface area contributed by atoms with Crippen LogP contribution in [0.4, 0.5) is 0 Å². The van der Waals surface area contributed by atoms with E-state index < -0.39 is 11.9 Å². The van der Waals surface area contributed by atoms with Gasteiger partial charge < -0.3 is 28.4 Å². The maximum absolute atomic E-state index is 12.0. The molecule has 2 aromatic carbocycles. The van der Waals surface area contributed by atoms with Gasteiger partial charge in [-0.15, -0.1) is 0 Å². The molecule has 36 heavy (non-hydrogen) atoms. The van der Waals surface area contributed by atoms with E-state index in [1.165, 1.54) is 12.2 Å². The summed E-state index contributed by atoms with van der Waals surface area (Å²) in [5.41, 5.74) is 3.19. The second-order valence-corrected chi connectivity index (χ2v) is 7.31. The van der Waals surface area contributed by atoms with E-state index in [0.717, 1.165) is 11.1 Å². The van der Waals surface area contributed by atoms with Crippen LogP contribution in [0.5, 0.6) is 11.5 Å². The number of hydrogen-bond acceptors (Lipinski definition) is 8. The highest BCUT2D eigenvalue weighted by Gasteiger charge is 2.09. The van der Waals surface area contributed by atoms with E-state index in [9.17, 15) is 9.59 Å². The molecule has 0 aliphatic rings. The van der Waals surface area contributed by atoms with Gasteiger partial charge in [0.1, 0.15) is 24.7 Å². The first-order chi connectivity index (χ1) is 17.5. The van der Waals surface area contributed by atoms with Crippen molar-refractivity contribution in [3.63, 3.8) is 0 Å². The van der Waals surface area contributed by atoms with Gasteiger partial charge in [0.2, 0.25) is 0 Å². The standard InChI is InChI=1S/C28H34O8/c1-5-33-15-17-35-27(29)13-9-23-19-21(7-11-25(23)31-3)22-8-12-26(32-4)24(20-22)10-14-28(30)36-18-16-34-6-2/h7-14,19-20H,5-6,15-18H2,1-4H3/b13-9+,14-10+. The monoisotopic (exact) mass is 498 g/mol. The van der Waals surface area contributed by atoms with Crippen LogP contribution in [0.25, 0.3) is 23.3 Å². The van der Waals surface area contributed by atoms with Crippen molar-refractivity contribution >= 4 is 24.1 Å². The Morgan fingerprint density at radius 2 is 1.08 bits per heavy atom. The summed E-state index contributed by atoms with van der Waals surface area (Å²) in [5, 5.41) is 0. The summed E-state index contributed by atoms with van der Waals surface area (Å²) < 4.78 is 31.4. The van der Waals surface area contributed by atoms with Crippen LogP contribution in [0, 0.1) is 0 Å². The maximum atomic E-state index is 12.0. The summed E-state index contributed by atoms with van der Waals surface area (Å²) in [6.45, 7) is 5.98. The molecular weight excluding hydrogens is 464 g/mol. The van der Waals surface area contributed by atoms with Crippen molar-refractivity contribution in [1.29, 1.82) is 0 Å². The molecule has 0 unspecified atom stereocenters. The molecule has 8 nitrogen and oxygen atoms in total. The second-order valence-electron chi connectivity index (χ2n) is 7.31. The number of carbonyl (C=O) groups is 2. The van der Waals surface area contributed by atoms with Gasteiger partial charge in [-0.25, -0.2) is 9.59 Å². The Bertz CT molecular complexity index is 958. The first kappa shape index (κ1) is 28.6. The minimum atomic E-state index is -0.466. The highest BCUT2D eigenvalue weighted by Crippen LogP contribution is 2.31. The molecule has 0 radical (unpaired) electrons. The molecule has 0 heterocycles. The van der Waals surface area contributed by atoms with Gasteiger partial charge >= 0.3 is 11.9 Å². The Balaban J connectivity index is 2.20. The van der Waals surface area contributed by atoms with Crippen LogP contribution >= 0.6 is 0 Å². The molecule has 0 spiro atoms. The molecule has 0 aromatic heterocycles. The highest BCUT2D eigenvalue weighted by molar-refractivity contribution is 5.89. The lowest BCUT2D eigenvalue weighted by molar-refractivity contribution is -0.140. The van der Waals surface area contributed by atoms with Crippen molar-refractivity contribution in [2.24, 2.45) is 0 Å². The molecule has 0 aliphatic heterocycles. The van der Waals surface area contributed by atoms with Gasteiger partial charge in [0.15, 0.2) is 0 Å². The van der Waals surface area contributed by atoms with Crippen LogP contribution in [-0.2, 0) is 28.5 Å². The normalized spacial score (nSPS) is 11.1. The lowest BCUT2D eigenvalue weighted by Crippen LogP contribution is -2.08. The summed E-state index contributed by atoms with van der Waals surface area (Å²) in [6, 6.07) is 11.3. The highest BCUT2D eigenvalue weighted by atomic mass is 16.6. The van der Waals surface area contributed by atoms with Gasteiger partial charge in [0, 0.05) is 36.5 Å². The third-order valence-electron chi connectivity index (χ3n) is 4.94. The second kappa shape index (κ2) is 16.1. The summed E-state index contributed by atoms with van der Waals surface area (Å²) >= 11 is 0. The molecule has 0 aliphatic carbocycles. The maximum Gasteiger partial charge on any atom is 0.330 e. The topological polar surface area (TPSA) is 89.5 Å². The number of hydrogen-bond donors (Lipinski definition) is 0. The molecule has 194 valence electrons. The molecule has 0 N–H and O–H groups in total. The summed E-state index contributed by atoms with van der Waals surface area (Å²) in [5.74, 6) is 0.292. The van der Waals surface area contributed by atoms with Crippen LogP contribution in [0.2, 0.25) is 0 Å². The van der Waals surface area contributed by atoms with Gasteiger partial charge in [-0.1, -0.05) is 12.1 Å². The third kappa shape index (κ3) is 9.56. The van der Waals surface area contributed by atoms with Crippen molar-refractivity contribution in [3.05, 3.63) is 59.7 Å². The predicted molar refractivity (Wildman–Crippen MR) is 138 cm³/mol. The van der Waals surface area contributed by atoms with Crippen LogP contribution < -0.4 is 9.47 Å². The van der Waals surface area contributed by atoms with Crippen LogP contribution in [-0.4, -0.2) is 65.8 Å². The van der Waals surface area contributed by atoms with Crippen molar-refractivity contribution in [3.8, 4) is 22.6 Å². The zero-order valence-corrected chi connectivity index (χ0v) is 21.3. The fourth-order valence-electron chi connectivity index (χ4n) is 3.19. The molecule has 0 saturated heterocycles. The number of benzene rings is 2. The van der Waals surface area contributed by atoms with Gasteiger partial charge in [0.25, 0.3) is 0 Å². The number of rotatable bonds is 15. The van der Waals surface area contributed by atoms with E-state index in [0.29, 0.717) is 49.1 Å². The third-order valence-corrected chi connectivity index (χ3v) is 4.94. The SMILES string of the molecule is CCOCCOC(=O)/C=C/c1cc(-c2ccc(OC)c(/C=C/C(=O)OCCOCC)c2)ccc1OC. The molecule has 2 aromatic rings. The van der Waals surface area contributed by atoms with Crippen LogP contribution in [0.3, 0.4) is 0 Å². The summed E-state index contributed by atoms with van der Waals surface area (Å²) in [6.07, 6.45) is 6.00. The lowest BCUT2D eigenvalue weighted by Gasteiger charge is -2.11. The molecule has 8 heteroatoms. The van der Waals surface area contributed by atoms with Crippen molar-refractivity contribution < 1.29 is 38.0 Å². The van der Waals surface area contributed by atoms with Gasteiger partial charge in [0.05, 0.1) is 27.4 Å². The lowest BCUT2D eigenvalue weighted by atomic mass is 9.99. The minimum Gasteiger partial charge on any atom is -0.496 e. The fourth-order valence-corrected chi connectivity index (χ4v) is 3.19. The Labute approximate surface area is 212 Å². The molecule has 0 atom stereocenters. The Morgan fingerprint density at radius 1 is 0.667 bits per heavy atom. The van der Waals surface area contributed by atoms with E-state index >= 15 is 0 Å². The number of esters is 2. The zero-order chi connectivity index (χ0) is 26.2. The van der Waals surface area contributed by atoms with Crippen molar-refractivity contribution in [2.75, 3.05) is 53.9 Å². The van der Waals surface area contributed by atoms with Crippen LogP contribution in [0.15, 0.2) is 48.6 Å². The fraction of sp³-hybridized carbons (Fsp3) is 0.357. The quantitative estimate of drug-likeness (QED) is 0.201. The number of ether oxygens (including phenoxy) is 6. The summed E-state index contributed by atoms with van der Waals surface area (Å²) in [4.78, 5) is 24.0. The minimum absolute atomic E-state index is 0.191. The zero-order valence-electron chi connectivity index (χ0n) is 21.3. The van der Waals surface area contributed by atoms with E-state index in [2.05, 4.69) is 0 Å². The first-order valence-electron chi connectivity index (χ1n) is 11.7. The number of carbonyl (C=O) groups excluding carboxylic acids is 2. The van der Waals surface area contributed by atoms with E-state index in [1.807, 2.05) is 50.2 Å². The van der Waals surface area contributed by atoms with E-state index in [1.54, 1.807) is 26.4 Å². The first-order valence-corrected chi connectivity index (χ1v) is 11.7. The Kier molecular flexibility index (Phi) is 12.8. The molecule has 0 saturated carbocycles. The van der Waals surface area contributed by atoms with Gasteiger partial charge in [-0.05, 0) is 61.4 Å². The van der Waals surface area contributed by atoms with Crippen LogP contribution in [0.1, 0.15) is 25.0 Å². The molecule has 0 amide bonds. The van der Waals surface area contributed by atoms with E-state index in [4.69, 9.17) is 28.4 Å². The molecule has 2 rings (SSSR count). The summed E-state index contributed by atoms with van der Waals surface area (Å²) in [7, 11) is 3.13. The molecule has 0 fully saturated rings. The Hall–Kier alpha value is -3.62. The molecule has 0 bridgehead atoms. The van der Waals surface area contributed by atoms with E-state index in [-0.39, 0.29) is 13.2 Å².